The molecule has 2 aromatic heterocycles. The Labute approximate surface area is 211 Å². The molecule has 0 spiro atoms. The van der Waals surface area contributed by atoms with E-state index in [9.17, 15) is 14.4 Å². The standard InChI is InChI=1S/C26H24N4O5S/c1-4-34-25(32)19-16(3)22(26(33)35-5-2)36-23(19)28-27-21-20(17-12-8-6-9-13-17)29-30(24(21)31)18-14-10-7-11-15-18/h6-15,29H,4-5H2,1-3H3. The Bertz CT molecular complexity index is 1470. The van der Waals surface area contributed by atoms with Crippen LogP contribution in [0.2, 0.25) is 0 Å². The van der Waals surface area contributed by atoms with Crippen molar-refractivity contribution >= 4 is 34.0 Å². The number of carbonyl (C=O) groups excluding carboxylic acids is 2. The summed E-state index contributed by atoms with van der Waals surface area (Å²) < 4.78 is 11.7. The summed E-state index contributed by atoms with van der Waals surface area (Å²) in [6.45, 7) is 5.34. The highest BCUT2D eigenvalue weighted by Crippen LogP contribution is 2.38. The number of azo groups is 1. The maximum atomic E-state index is 13.4. The van der Waals surface area contributed by atoms with Crippen LogP contribution in [-0.2, 0) is 9.47 Å². The van der Waals surface area contributed by atoms with Crippen LogP contribution in [0.15, 0.2) is 75.7 Å². The van der Waals surface area contributed by atoms with Crippen LogP contribution in [0.1, 0.15) is 39.4 Å². The first-order chi connectivity index (χ1) is 17.5. The number of hydrogen-bond acceptors (Lipinski definition) is 8. The zero-order valence-electron chi connectivity index (χ0n) is 20.0. The summed E-state index contributed by atoms with van der Waals surface area (Å²) in [5.74, 6) is -1.19. The van der Waals surface area contributed by atoms with E-state index in [1.807, 2.05) is 48.5 Å². The number of carbonyl (C=O) groups is 2. The van der Waals surface area contributed by atoms with Crippen molar-refractivity contribution < 1.29 is 19.1 Å². The van der Waals surface area contributed by atoms with Gasteiger partial charge in [0.1, 0.15) is 10.4 Å². The van der Waals surface area contributed by atoms with Gasteiger partial charge in [0, 0.05) is 5.56 Å². The first-order valence-corrected chi connectivity index (χ1v) is 12.1. The van der Waals surface area contributed by atoms with Crippen LogP contribution >= 0.6 is 11.3 Å². The SMILES string of the molecule is CCOC(=O)c1sc(N=Nc2c(-c3ccccc3)[nH]n(-c3ccccc3)c2=O)c(C(=O)OCC)c1C. The Balaban J connectivity index is 1.86. The summed E-state index contributed by atoms with van der Waals surface area (Å²) in [6, 6.07) is 18.3. The van der Waals surface area contributed by atoms with Gasteiger partial charge in [-0.2, -0.15) is 0 Å². The third-order valence-electron chi connectivity index (χ3n) is 5.25. The van der Waals surface area contributed by atoms with Crippen molar-refractivity contribution in [1.29, 1.82) is 0 Å². The van der Waals surface area contributed by atoms with E-state index in [2.05, 4.69) is 15.3 Å². The number of para-hydroxylation sites is 1. The second-order valence-electron chi connectivity index (χ2n) is 7.55. The average Bonchev–Trinajstić information content (AvgIpc) is 3.40. The number of ether oxygens (including phenoxy) is 2. The predicted molar refractivity (Wildman–Crippen MR) is 137 cm³/mol. The molecule has 4 rings (SSSR count). The molecule has 4 aromatic rings. The van der Waals surface area contributed by atoms with Crippen molar-refractivity contribution in [2.24, 2.45) is 10.2 Å². The third-order valence-corrected chi connectivity index (χ3v) is 6.41. The number of nitrogens with zero attached hydrogens (tertiary/aromatic N) is 3. The molecule has 0 atom stereocenters. The van der Waals surface area contributed by atoms with E-state index < -0.39 is 17.5 Å². The number of H-pyrrole nitrogens is 1. The topological polar surface area (TPSA) is 115 Å². The van der Waals surface area contributed by atoms with E-state index in [1.165, 1.54) is 4.68 Å². The molecule has 1 N–H and O–H groups in total. The normalized spacial score (nSPS) is 11.1. The molecule has 36 heavy (non-hydrogen) atoms. The van der Waals surface area contributed by atoms with E-state index in [0.29, 0.717) is 16.9 Å². The molecule has 0 aliphatic carbocycles. The van der Waals surface area contributed by atoms with Crippen molar-refractivity contribution in [1.82, 2.24) is 9.78 Å². The highest BCUT2D eigenvalue weighted by atomic mass is 32.1. The fraction of sp³-hybridized carbons (Fsp3) is 0.192. The number of hydrogen-bond donors (Lipinski definition) is 1. The Morgan fingerprint density at radius 2 is 1.53 bits per heavy atom. The van der Waals surface area contributed by atoms with Gasteiger partial charge in [0.25, 0.3) is 5.56 Å². The van der Waals surface area contributed by atoms with Crippen molar-refractivity contribution in [3.8, 4) is 16.9 Å². The largest absolute Gasteiger partial charge is 0.462 e. The Morgan fingerprint density at radius 3 is 2.17 bits per heavy atom. The lowest BCUT2D eigenvalue weighted by atomic mass is 10.1. The van der Waals surface area contributed by atoms with Gasteiger partial charge >= 0.3 is 11.9 Å². The number of nitrogens with one attached hydrogen (secondary N) is 1. The zero-order chi connectivity index (χ0) is 25.7. The molecule has 0 amide bonds. The molecule has 10 heteroatoms. The average molecular weight is 505 g/mol. The van der Waals surface area contributed by atoms with Crippen LogP contribution in [0.3, 0.4) is 0 Å². The number of benzene rings is 2. The van der Waals surface area contributed by atoms with Gasteiger partial charge in [0.15, 0.2) is 10.7 Å². The Hall–Kier alpha value is -4.31. The second-order valence-corrected chi connectivity index (χ2v) is 8.55. The molecule has 0 saturated heterocycles. The van der Waals surface area contributed by atoms with Gasteiger partial charge in [0.05, 0.1) is 24.6 Å². The van der Waals surface area contributed by atoms with E-state index in [4.69, 9.17) is 9.47 Å². The molecule has 0 radical (unpaired) electrons. The summed E-state index contributed by atoms with van der Waals surface area (Å²) >= 11 is 0.963. The number of esters is 2. The van der Waals surface area contributed by atoms with Crippen LogP contribution in [0, 0.1) is 6.92 Å². The Morgan fingerprint density at radius 1 is 0.917 bits per heavy atom. The maximum absolute atomic E-state index is 13.4. The van der Waals surface area contributed by atoms with Gasteiger partial charge in [0.2, 0.25) is 0 Å². The predicted octanol–water partition coefficient (Wildman–Crippen LogP) is 5.97. The summed E-state index contributed by atoms with van der Waals surface area (Å²) in [5, 5.41) is 11.8. The van der Waals surface area contributed by atoms with Crippen LogP contribution in [-0.4, -0.2) is 34.9 Å². The fourth-order valence-electron chi connectivity index (χ4n) is 3.59. The zero-order valence-corrected chi connectivity index (χ0v) is 20.8. The minimum Gasteiger partial charge on any atom is -0.462 e. The molecular weight excluding hydrogens is 480 g/mol. The Kier molecular flexibility index (Phi) is 7.55. The van der Waals surface area contributed by atoms with E-state index >= 15 is 0 Å². The van der Waals surface area contributed by atoms with Gasteiger partial charge in [-0.1, -0.05) is 48.5 Å². The fourth-order valence-corrected chi connectivity index (χ4v) is 4.60. The van der Waals surface area contributed by atoms with Gasteiger partial charge in [-0.05, 0) is 38.5 Å². The number of thiophene rings is 1. The third kappa shape index (κ3) is 4.89. The van der Waals surface area contributed by atoms with E-state index in [0.717, 1.165) is 16.9 Å². The molecule has 2 heterocycles. The molecule has 0 aliphatic rings. The molecule has 0 fully saturated rings. The highest BCUT2D eigenvalue weighted by molar-refractivity contribution is 7.18. The molecule has 2 aromatic carbocycles. The summed E-state index contributed by atoms with van der Waals surface area (Å²) in [5.41, 5.74) is 1.98. The molecule has 0 bridgehead atoms. The maximum Gasteiger partial charge on any atom is 0.348 e. The summed E-state index contributed by atoms with van der Waals surface area (Å²) in [4.78, 5) is 38.8. The van der Waals surface area contributed by atoms with Crippen molar-refractivity contribution in [2.75, 3.05) is 13.2 Å². The molecule has 0 unspecified atom stereocenters. The summed E-state index contributed by atoms with van der Waals surface area (Å²) in [6.07, 6.45) is 0. The monoisotopic (exact) mass is 504 g/mol. The van der Waals surface area contributed by atoms with Gasteiger partial charge in [-0.3, -0.25) is 9.89 Å². The molecule has 184 valence electrons. The molecule has 0 saturated carbocycles. The van der Waals surface area contributed by atoms with Crippen molar-refractivity contribution in [3.63, 3.8) is 0 Å². The molecular formula is C26H24N4O5S. The van der Waals surface area contributed by atoms with E-state index in [-0.39, 0.29) is 34.3 Å². The lowest BCUT2D eigenvalue weighted by Gasteiger charge is -2.03. The summed E-state index contributed by atoms with van der Waals surface area (Å²) in [7, 11) is 0. The van der Waals surface area contributed by atoms with Gasteiger partial charge in [-0.25, -0.2) is 14.3 Å². The first kappa shape index (κ1) is 24.8. The van der Waals surface area contributed by atoms with Crippen molar-refractivity contribution in [3.05, 3.63) is 87.0 Å². The lowest BCUT2D eigenvalue weighted by Crippen LogP contribution is -2.13. The first-order valence-electron chi connectivity index (χ1n) is 11.3. The van der Waals surface area contributed by atoms with Crippen LogP contribution in [0.5, 0.6) is 0 Å². The quantitative estimate of drug-likeness (QED) is 0.234. The van der Waals surface area contributed by atoms with Crippen LogP contribution in [0.4, 0.5) is 10.7 Å². The molecule has 9 nitrogen and oxygen atoms in total. The van der Waals surface area contributed by atoms with Crippen LogP contribution in [0.25, 0.3) is 16.9 Å². The van der Waals surface area contributed by atoms with Gasteiger partial charge < -0.3 is 9.47 Å². The van der Waals surface area contributed by atoms with Gasteiger partial charge in [-0.15, -0.1) is 21.6 Å². The van der Waals surface area contributed by atoms with Crippen LogP contribution < -0.4 is 5.56 Å². The number of aromatic amines is 1. The minimum atomic E-state index is -0.630. The minimum absolute atomic E-state index is 0.0589. The second kappa shape index (κ2) is 11.0. The number of aromatic nitrogens is 2. The molecule has 0 aliphatic heterocycles. The van der Waals surface area contributed by atoms with Crippen molar-refractivity contribution in [2.45, 2.75) is 20.8 Å². The smallest absolute Gasteiger partial charge is 0.348 e. The number of rotatable bonds is 8. The lowest BCUT2D eigenvalue weighted by molar-refractivity contribution is 0.0527. The van der Waals surface area contributed by atoms with E-state index in [1.54, 1.807) is 32.9 Å². The highest BCUT2D eigenvalue weighted by Gasteiger charge is 2.27.